The van der Waals surface area contributed by atoms with Gasteiger partial charge < -0.3 is 14.8 Å². The molecule has 0 saturated carbocycles. The Morgan fingerprint density at radius 2 is 1.71 bits per heavy atom. The van der Waals surface area contributed by atoms with Crippen LogP contribution in [0, 0.1) is 0 Å². The lowest BCUT2D eigenvalue weighted by atomic mass is 10.2. The Balaban J connectivity index is 3.55. The fraction of sp³-hybridized carbons (Fsp3) is 0.867. The summed E-state index contributed by atoms with van der Waals surface area (Å²) >= 11 is 0. The van der Waals surface area contributed by atoms with E-state index in [1.807, 2.05) is 20.8 Å². The second kappa shape index (κ2) is 9.07. The number of rotatable bonds is 8. The molecule has 0 saturated heterocycles. The smallest absolute Gasteiger partial charge is 0.407 e. The highest BCUT2D eigenvalue weighted by Gasteiger charge is 2.16. The average molecular weight is 318 g/mol. The van der Waals surface area contributed by atoms with Crippen molar-refractivity contribution in [1.82, 2.24) is 5.32 Å². The van der Waals surface area contributed by atoms with Crippen LogP contribution in [0.25, 0.3) is 0 Å². The van der Waals surface area contributed by atoms with Crippen molar-refractivity contribution in [2.45, 2.75) is 71.3 Å². The molecule has 0 radical (unpaired) electrons. The largest absolute Gasteiger partial charge is 0.466 e. The lowest BCUT2D eigenvalue weighted by Crippen LogP contribution is -2.33. The highest BCUT2D eigenvalue weighted by molar-refractivity contribution is 6.76. The molecule has 1 amide bonds. The number of alkyl carbamates (subject to hydrolysis) is 1. The third-order valence-corrected chi connectivity index (χ3v) is 4.30. The summed E-state index contributed by atoms with van der Waals surface area (Å²) in [4.78, 5) is 22.9. The standard InChI is InChI=1S/C15H31NO4Si/c1-15(2,3)20-14(18)16-10-8-7-9-13(17)19-11-12-21(4,5)6/h7-12H2,1-6H3,(H,16,18). The summed E-state index contributed by atoms with van der Waals surface area (Å²) < 4.78 is 10.3. The molecule has 0 aromatic heterocycles. The van der Waals surface area contributed by atoms with Crippen molar-refractivity contribution >= 4 is 20.1 Å². The minimum atomic E-state index is -1.14. The lowest BCUT2D eigenvalue weighted by molar-refractivity contribution is -0.143. The van der Waals surface area contributed by atoms with Crippen LogP contribution in [-0.2, 0) is 14.3 Å². The molecule has 0 unspecified atom stereocenters. The van der Waals surface area contributed by atoms with Gasteiger partial charge in [0.25, 0.3) is 0 Å². The fourth-order valence-electron chi connectivity index (χ4n) is 1.44. The van der Waals surface area contributed by atoms with Gasteiger partial charge in [0.1, 0.15) is 5.60 Å². The van der Waals surface area contributed by atoms with E-state index in [2.05, 4.69) is 25.0 Å². The first-order valence-corrected chi connectivity index (χ1v) is 11.3. The molecule has 0 aliphatic carbocycles. The number of ether oxygens (including phenoxy) is 2. The predicted octanol–water partition coefficient (Wildman–Crippen LogP) is 3.56. The van der Waals surface area contributed by atoms with Crippen molar-refractivity contribution in [2.24, 2.45) is 0 Å². The topological polar surface area (TPSA) is 64.6 Å². The Bertz CT molecular complexity index is 332. The maximum Gasteiger partial charge on any atom is 0.407 e. The molecule has 0 bridgehead atoms. The maximum absolute atomic E-state index is 11.5. The molecule has 0 rings (SSSR count). The van der Waals surface area contributed by atoms with Crippen LogP contribution in [0.15, 0.2) is 0 Å². The summed E-state index contributed by atoms with van der Waals surface area (Å²) in [6.45, 7) is 13.3. The van der Waals surface area contributed by atoms with Crippen molar-refractivity contribution in [3.05, 3.63) is 0 Å². The number of nitrogens with one attached hydrogen (secondary N) is 1. The van der Waals surface area contributed by atoms with Gasteiger partial charge in [-0.05, 0) is 39.7 Å². The summed E-state index contributed by atoms with van der Waals surface area (Å²) in [5, 5.41) is 2.67. The SMILES string of the molecule is CC(C)(C)OC(=O)NCCCCC(=O)OCC[Si](C)(C)C. The van der Waals surface area contributed by atoms with Gasteiger partial charge in [0.15, 0.2) is 0 Å². The van der Waals surface area contributed by atoms with Crippen molar-refractivity contribution in [3.63, 3.8) is 0 Å². The quantitative estimate of drug-likeness (QED) is 0.422. The summed E-state index contributed by atoms with van der Waals surface area (Å²) in [6.07, 6.45) is 1.44. The average Bonchev–Trinajstić information content (AvgIpc) is 2.24. The van der Waals surface area contributed by atoms with Crippen LogP contribution in [0.2, 0.25) is 25.7 Å². The molecule has 0 atom stereocenters. The van der Waals surface area contributed by atoms with E-state index < -0.39 is 19.8 Å². The third-order valence-electron chi connectivity index (χ3n) is 2.59. The fourth-order valence-corrected chi connectivity index (χ4v) is 2.16. The van der Waals surface area contributed by atoms with Crippen LogP contribution in [0.3, 0.4) is 0 Å². The first kappa shape index (κ1) is 20.0. The van der Waals surface area contributed by atoms with Crippen LogP contribution in [-0.4, -0.2) is 38.9 Å². The first-order chi connectivity index (χ1) is 9.49. The number of unbranched alkanes of at least 4 members (excludes halogenated alkanes) is 1. The van der Waals surface area contributed by atoms with Crippen molar-refractivity contribution in [2.75, 3.05) is 13.2 Å². The van der Waals surface area contributed by atoms with E-state index in [1.165, 1.54) is 0 Å². The van der Waals surface area contributed by atoms with Gasteiger partial charge in [-0.15, -0.1) is 0 Å². The maximum atomic E-state index is 11.5. The monoisotopic (exact) mass is 317 g/mol. The van der Waals surface area contributed by atoms with Crippen LogP contribution < -0.4 is 5.32 Å². The zero-order valence-electron chi connectivity index (χ0n) is 14.4. The molecule has 0 aromatic carbocycles. The van der Waals surface area contributed by atoms with Crippen molar-refractivity contribution < 1.29 is 19.1 Å². The Labute approximate surface area is 129 Å². The zero-order valence-corrected chi connectivity index (χ0v) is 15.4. The van der Waals surface area contributed by atoms with Gasteiger partial charge in [0, 0.05) is 21.0 Å². The molecule has 1 N–H and O–H groups in total. The second-order valence-electron chi connectivity index (χ2n) is 7.42. The van der Waals surface area contributed by atoms with Crippen molar-refractivity contribution in [1.29, 1.82) is 0 Å². The number of carbonyl (C=O) groups is 2. The number of amides is 1. The third kappa shape index (κ3) is 15.2. The van der Waals surface area contributed by atoms with E-state index in [0.29, 0.717) is 26.0 Å². The molecule has 0 aliphatic heterocycles. The van der Waals surface area contributed by atoms with E-state index in [-0.39, 0.29) is 5.97 Å². The van der Waals surface area contributed by atoms with Crippen LogP contribution in [0.5, 0.6) is 0 Å². The lowest BCUT2D eigenvalue weighted by Gasteiger charge is -2.19. The first-order valence-electron chi connectivity index (χ1n) is 7.62. The van der Waals surface area contributed by atoms with Gasteiger partial charge in [-0.3, -0.25) is 4.79 Å². The summed E-state index contributed by atoms with van der Waals surface area (Å²) in [7, 11) is -1.14. The normalized spacial score (nSPS) is 11.9. The molecule has 6 heteroatoms. The highest BCUT2D eigenvalue weighted by Crippen LogP contribution is 2.09. The van der Waals surface area contributed by atoms with Gasteiger partial charge in [-0.25, -0.2) is 4.79 Å². The molecule has 0 aromatic rings. The summed E-state index contributed by atoms with van der Waals surface area (Å²) in [5.41, 5.74) is -0.482. The molecule has 0 heterocycles. The van der Waals surface area contributed by atoms with E-state index in [4.69, 9.17) is 9.47 Å². The van der Waals surface area contributed by atoms with Gasteiger partial charge in [-0.1, -0.05) is 19.6 Å². The Morgan fingerprint density at radius 1 is 1.10 bits per heavy atom. The number of hydrogen-bond acceptors (Lipinski definition) is 4. The minimum Gasteiger partial charge on any atom is -0.466 e. The van der Waals surface area contributed by atoms with Gasteiger partial charge in [0.05, 0.1) is 6.61 Å². The number of esters is 1. The molecular formula is C15H31NO4Si. The molecular weight excluding hydrogens is 286 g/mol. The highest BCUT2D eigenvalue weighted by atomic mass is 28.3. The Kier molecular flexibility index (Phi) is 8.62. The van der Waals surface area contributed by atoms with Crippen LogP contribution >= 0.6 is 0 Å². The Morgan fingerprint density at radius 3 is 2.24 bits per heavy atom. The van der Waals surface area contributed by atoms with Gasteiger partial charge in [-0.2, -0.15) is 0 Å². The minimum absolute atomic E-state index is 0.148. The van der Waals surface area contributed by atoms with E-state index in [9.17, 15) is 9.59 Å². The van der Waals surface area contributed by atoms with Crippen LogP contribution in [0.4, 0.5) is 4.79 Å². The van der Waals surface area contributed by atoms with E-state index in [1.54, 1.807) is 0 Å². The summed E-state index contributed by atoms with van der Waals surface area (Å²) in [5.74, 6) is -0.148. The van der Waals surface area contributed by atoms with Crippen LogP contribution in [0.1, 0.15) is 40.0 Å². The molecule has 5 nitrogen and oxygen atoms in total. The number of hydrogen-bond donors (Lipinski definition) is 1. The zero-order chi connectivity index (χ0) is 16.5. The summed E-state index contributed by atoms with van der Waals surface area (Å²) in [6, 6.07) is 0.999. The van der Waals surface area contributed by atoms with Gasteiger partial charge >= 0.3 is 12.1 Å². The number of carbonyl (C=O) groups excluding carboxylic acids is 2. The van der Waals surface area contributed by atoms with E-state index in [0.717, 1.165) is 12.5 Å². The molecule has 124 valence electrons. The second-order valence-corrected chi connectivity index (χ2v) is 13.0. The van der Waals surface area contributed by atoms with Gasteiger partial charge in [0.2, 0.25) is 0 Å². The van der Waals surface area contributed by atoms with E-state index >= 15 is 0 Å². The molecule has 21 heavy (non-hydrogen) atoms. The molecule has 0 fully saturated rings. The molecule has 0 spiro atoms. The molecule has 0 aliphatic rings. The Hall–Kier alpha value is -1.04. The predicted molar refractivity (Wildman–Crippen MR) is 87.2 cm³/mol. The van der Waals surface area contributed by atoms with Crippen molar-refractivity contribution in [3.8, 4) is 0 Å².